The predicted octanol–water partition coefficient (Wildman–Crippen LogP) is 4.51. The van der Waals surface area contributed by atoms with E-state index in [0.717, 1.165) is 61.6 Å². The molecule has 3 amide bonds. The van der Waals surface area contributed by atoms with Crippen molar-refractivity contribution in [3.8, 4) is 0 Å². The number of benzene rings is 2. The Balaban J connectivity index is 1.11. The van der Waals surface area contributed by atoms with Crippen molar-refractivity contribution in [2.45, 2.75) is 70.1 Å². The first-order chi connectivity index (χ1) is 19.0. The van der Waals surface area contributed by atoms with Crippen LogP contribution in [-0.4, -0.2) is 37.2 Å². The molecule has 0 radical (unpaired) electrons. The molecule has 9 heteroatoms. The molecule has 1 saturated heterocycles. The minimum Gasteiger partial charge on any atom is -0.353 e. The number of hydrogen-bond acceptors (Lipinski definition) is 5. The molecule has 1 fully saturated rings. The number of hydroxylamine groups is 1. The van der Waals surface area contributed by atoms with E-state index in [0.29, 0.717) is 31.6 Å². The lowest BCUT2D eigenvalue weighted by Crippen LogP contribution is -2.33. The number of fused-ring (bicyclic) bond motifs is 1. The van der Waals surface area contributed by atoms with Crippen LogP contribution >= 0.6 is 0 Å². The molecular formula is C30H36FN3O5. The van der Waals surface area contributed by atoms with E-state index < -0.39 is 0 Å². The molecule has 2 aromatic carbocycles. The third-order valence-electron chi connectivity index (χ3n) is 6.91. The summed E-state index contributed by atoms with van der Waals surface area (Å²) in [7, 11) is 0. The van der Waals surface area contributed by atoms with Crippen LogP contribution in [0.25, 0.3) is 6.08 Å². The molecule has 2 unspecified atom stereocenters. The minimum atomic E-state index is -0.375. The number of amides is 3. The summed E-state index contributed by atoms with van der Waals surface area (Å²) in [5.74, 6) is -0.929. The fraction of sp³-hybridized carbons (Fsp3) is 0.433. The molecule has 3 N–H and O–H groups in total. The quantitative estimate of drug-likeness (QED) is 0.210. The maximum Gasteiger partial charge on any atom is 0.251 e. The molecule has 1 heterocycles. The highest BCUT2D eigenvalue weighted by atomic mass is 19.1. The lowest BCUT2D eigenvalue weighted by molar-refractivity contribution is -0.200. The van der Waals surface area contributed by atoms with Crippen molar-refractivity contribution in [1.82, 2.24) is 16.1 Å². The van der Waals surface area contributed by atoms with Crippen LogP contribution in [0.15, 0.2) is 48.5 Å². The second-order valence-corrected chi connectivity index (χ2v) is 9.90. The van der Waals surface area contributed by atoms with Gasteiger partial charge in [-0.2, -0.15) is 0 Å². The van der Waals surface area contributed by atoms with Crippen LogP contribution in [0.4, 0.5) is 4.39 Å². The Kier molecular flexibility index (Phi) is 10.6. The van der Waals surface area contributed by atoms with Gasteiger partial charge in [0.2, 0.25) is 11.8 Å². The summed E-state index contributed by atoms with van der Waals surface area (Å²) >= 11 is 0. The van der Waals surface area contributed by atoms with Crippen LogP contribution in [0, 0.1) is 5.82 Å². The van der Waals surface area contributed by atoms with E-state index in [2.05, 4.69) is 16.1 Å². The number of aryl methyl sites for hydroxylation is 1. The number of carbonyl (C=O) groups is 3. The maximum absolute atomic E-state index is 13.1. The molecule has 1 aliphatic carbocycles. The summed E-state index contributed by atoms with van der Waals surface area (Å²) in [5, 5.41) is 5.90. The highest BCUT2D eigenvalue weighted by molar-refractivity contribution is 5.94. The van der Waals surface area contributed by atoms with Crippen LogP contribution in [-0.2, 0) is 25.6 Å². The topological polar surface area (TPSA) is 106 Å². The van der Waals surface area contributed by atoms with Gasteiger partial charge in [-0.3, -0.25) is 14.4 Å². The molecule has 8 nitrogen and oxygen atoms in total. The van der Waals surface area contributed by atoms with Gasteiger partial charge in [0.05, 0.1) is 6.04 Å². The number of unbranched alkanes of at least 4 members (excludes halogenated alkanes) is 2. The van der Waals surface area contributed by atoms with Crippen molar-refractivity contribution >= 4 is 23.8 Å². The second-order valence-electron chi connectivity index (χ2n) is 9.90. The van der Waals surface area contributed by atoms with E-state index in [1.807, 2.05) is 18.2 Å². The Hall–Kier alpha value is -3.56. The molecule has 2 aromatic rings. The fourth-order valence-electron chi connectivity index (χ4n) is 4.75. The van der Waals surface area contributed by atoms with Crippen molar-refractivity contribution in [2.24, 2.45) is 0 Å². The number of rotatable bonds is 12. The predicted molar refractivity (Wildman–Crippen MR) is 145 cm³/mol. The standard InChI is InChI=1S/C30H36FN3O5/c31-24-13-10-22(11-14-24)30(37)33-26-16-12-23-20-21(8-15-25(23)26)9-17-27(35)32-18-4-1-2-6-28(36)34-39-29-7-3-5-19-38-29/h8-11,13-15,17,20,26,29H,1-7,12,16,18-19H2,(H,32,35)(H,33,37)(H,34,36)/b17-9+. The largest absolute Gasteiger partial charge is 0.353 e. The van der Waals surface area contributed by atoms with Crippen LogP contribution in [0.3, 0.4) is 0 Å². The Bertz CT molecular complexity index is 1160. The van der Waals surface area contributed by atoms with E-state index in [9.17, 15) is 18.8 Å². The summed E-state index contributed by atoms with van der Waals surface area (Å²) in [6.45, 7) is 1.20. The Morgan fingerprint density at radius 1 is 1.03 bits per heavy atom. The van der Waals surface area contributed by atoms with Gasteiger partial charge in [-0.25, -0.2) is 14.7 Å². The summed E-state index contributed by atoms with van der Waals surface area (Å²) in [6, 6.07) is 11.4. The molecule has 1 aliphatic heterocycles. The lowest BCUT2D eigenvalue weighted by Gasteiger charge is -2.22. The highest BCUT2D eigenvalue weighted by Crippen LogP contribution is 2.32. The third kappa shape index (κ3) is 9.01. The Morgan fingerprint density at radius 2 is 1.87 bits per heavy atom. The smallest absolute Gasteiger partial charge is 0.251 e. The Labute approximate surface area is 228 Å². The van der Waals surface area contributed by atoms with Gasteiger partial charge in [0, 0.05) is 37.6 Å². The van der Waals surface area contributed by atoms with E-state index in [1.165, 1.54) is 30.3 Å². The fourth-order valence-corrected chi connectivity index (χ4v) is 4.75. The highest BCUT2D eigenvalue weighted by Gasteiger charge is 2.24. The van der Waals surface area contributed by atoms with Gasteiger partial charge in [0.25, 0.3) is 5.91 Å². The number of hydrogen-bond donors (Lipinski definition) is 3. The minimum absolute atomic E-state index is 0.0941. The first kappa shape index (κ1) is 28.4. The SMILES string of the molecule is O=C(/C=C/c1ccc2c(c1)CCC2NC(=O)c1ccc(F)cc1)NCCCCCC(=O)NOC1CCCCO1. The molecule has 0 saturated carbocycles. The molecule has 4 rings (SSSR count). The zero-order valence-electron chi connectivity index (χ0n) is 22.0. The van der Waals surface area contributed by atoms with Gasteiger partial charge in [0.15, 0.2) is 6.29 Å². The van der Waals surface area contributed by atoms with Crippen molar-refractivity contribution in [3.05, 3.63) is 76.6 Å². The van der Waals surface area contributed by atoms with E-state index in [-0.39, 0.29) is 35.9 Å². The zero-order valence-corrected chi connectivity index (χ0v) is 22.0. The van der Waals surface area contributed by atoms with Crippen molar-refractivity contribution in [2.75, 3.05) is 13.2 Å². The van der Waals surface area contributed by atoms with Gasteiger partial charge >= 0.3 is 0 Å². The number of ether oxygens (including phenoxy) is 1. The number of halogens is 1. The molecule has 39 heavy (non-hydrogen) atoms. The monoisotopic (exact) mass is 537 g/mol. The molecule has 0 aromatic heterocycles. The average Bonchev–Trinajstić information content (AvgIpc) is 3.35. The second kappa shape index (κ2) is 14.6. The summed E-state index contributed by atoms with van der Waals surface area (Å²) in [5.41, 5.74) is 6.01. The van der Waals surface area contributed by atoms with Crippen molar-refractivity contribution in [1.29, 1.82) is 0 Å². The first-order valence-corrected chi connectivity index (χ1v) is 13.7. The van der Waals surface area contributed by atoms with Crippen LogP contribution in [0.5, 0.6) is 0 Å². The molecular weight excluding hydrogens is 501 g/mol. The molecule has 2 atom stereocenters. The third-order valence-corrected chi connectivity index (χ3v) is 6.91. The summed E-state index contributed by atoms with van der Waals surface area (Å²) < 4.78 is 18.5. The normalized spacial score (nSPS) is 18.5. The zero-order chi connectivity index (χ0) is 27.5. The Morgan fingerprint density at radius 3 is 2.67 bits per heavy atom. The van der Waals surface area contributed by atoms with E-state index in [4.69, 9.17) is 9.57 Å². The average molecular weight is 538 g/mol. The van der Waals surface area contributed by atoms with Gasteiger partial charge in [-0.1, -0.05) is 24.6 Å². The lowest BCUT2D eigenvalue weighted by atomic mass is 10.0. The molecule has 0 spiro atoms. The molecule has 208 valence electrons. The van der Waals surface area contributed by atoms with Crippen LogP contribution in [0.1, 0.15) is 84.5 Å². The summed E-state index contributed by atoms with van der Waals surface area (Å²) in [6.07, 6.45) is 10.1. The van der Waals surface area contributed by atoms with Crippen molar-refractivity contribution < 1.29 is 28.3 Å². The van der Waals surface area contributed by atoms with Gasteiger partial charge in [-0.15, -0.1) is 0 Å². The number of nitrogens with one attached hydrogen (secondary N) is 3. The van der Waals surface area contributed by atoms with Gasteiger partial charge < -0.3 is 15.4 Å². The first-order valence-electron chi connectivity index (χ1n) is 13.7. The number of carbonyl (C=O) groups excluding carboxylic acids is 3. The van der Waals surface area contributed by atoms with Crippen LogP contribution in [0.2, 0.25) is 0 Å². The molecule has 2 aliphatic rings. The van der Waals surface area contributed by atoms with Gasteiger partial charge in [-0.05, 0) is 85.6 Å². The maximum atomic E-state index is 13.1. The van der Waals surface area contributed by atoms with Crippen molar-refractivity contribution in [3.63, 3.8) is 0 Å². The van der Waals surface area contributed by atoms with E-state index in [1.54, 1.807) is 6.08 Å². The summed E-state index contributed by atoms with van der Waals surface area (Å²) in [4.78, 5) is 41.8. The van der Waals surface area contributed by atoms with Gasteiger partial charge in [0.1, 0.15) is 5.82 Å². The molecule has 0 bridgehead atoms. The van der Waals surface area contributed by atoms with E-state index >= 15 is 0 Å². The van der Waals surface area contributed by atoms with Crippen LogP contribution < -0.4 is 16.1 Å².